The molecule has 1 aromatic heterocycles. The molecule has 1 heterocycles. The predicted octanol–water partition coefficient (Wildman–Crippen LogP) is 12.4. The van der Waals surface area contributed by atoms with Crippen molar-refractivity contribution in [3.05, 3.63) is 247 Å². The molecule has 0 bridgehead atoms. The molecule has 12 nitrogen and oxygen atoms in total. The molecule has 7 rings (SSSR count). The Morgan fingerprint density at radius 3 is 0.774 bits per heavy atom. The van der Waals surface area contributed by atoms with Crippen molar-refractivity contribution >= 4 is 170 Å². The minimum Gasteiger partial charge on any atom is -0.465 e. The number of hydrogen-bond donors (Lipinski definition) is 3. The molecule has 6 aromatic carbocycles. The zero-order valence-corrected chi connectivity index (χ0v) is 55.0. The SMILES string of the molecule is O=c1n(CC(CSC(=S)SCc2ccccc2)OC(=S)NCc2ccccc2)c(=O)n(CC(CSC(=S)SCc2ccccc2)OC(=S)NCc2ccccc2)c(=O)n1CC(CSC(=S)SCc1ccccc1)OC(=S)NCc1ccccc1. The Balaban J connectivity index is 1.23. The van der Waals surface area contributed by atoms with Crippen LogP contribution in [0, 0.1) is 0 Å². The molecule has 0 amide bonds. The minimum atomic E-state index is -0.918. The van der Waals surface area contributed by atoms with Gasteiger partial charge in [0.05, 0.1) is 19.6 Å². The summed E-state index contributed by atoms with van der Waals surface area (Å²) in [5.41, 5.74) is 3.45. The van der Waals surface area contributed by atoms with Gasteiger partial charge in [0.1, 0.15) is 28.9 Å². The molecule has 0 saturated carbocycles. The van der Waals surface area contributed by atoms with Crippen LogP contribution in [-0.4, -0.2) is 75.4 Å². The Bertz CT molecular complexity index is 3030. The Labute approximate surface area is 547 Å². The fraction of sp³-hybridized carbons (Fsp3) is 0.250. The van der Waals surface area contributed by atoms with Crippen molar-refractivity contribution in [3.63, 3.8) is 0 Å². The number of nitrogens with one attached hydrogen (secondary N) is 3. The van der Waals surface area contributed by atoms with Crippen LogP contribution in [0.1, 0.15) is 33.4 Å². The van der Waals surface area contributed by atoms with Crippen LogP contribution in [0.15, 0.2) is 196 Å². The van der Waals surface area contributed by atoms with E-state index in [4.69, 9.17) is 87.5 Å². The molecular weight excluding hydrogens is 1290 g/mol. The number of hydrogen-bond acceptors (Lipinski definition) is 18. The van der Waals surface area contributed by atoms with Crippen LogP contribution in [0.25, 0.3) is 0 Å². The van der Waals surface area contributed by atoms with Gasteiger partial charge >= 0.3 is 17.1 Å². The summed E-state index contributed by atoms with van der Waals surface area (Å²) < 4.78 is 24.2. The standard InChI is InChI=1S/C60H60N6O6S12/c67-55-64(34-49(70-52(73)61-31-43-19-7-1-8-20-43)40-82-58(76)79-37-46-25-13-4-14-26-46)56(68)66(36-51(72-54(75)63-33-45-23-11-3-12-24-45)42-84-60(78)81-39-48-29-17-6-18-30-48)57(69)65(55)35-50(71-53(74)62-32-44-21-9-2-10-22-44)41-83-59(77)80-38-47-27-15-5-16-28-47/h1-30,49-51H,31-42H2,(H,61,73)(H,62,74)(H,63,75). The van der Waals surface area contributed by atoms with E-state index in [0.29, 0.717) is 47.5 Å². The summed E-state index contributed by atoms with van der Waals surface area (Å²) >= 11 is 43.4. The molecule has 0 aliphatic rings. The van der Waals surface area contributed by atoms with E-state index in [9.17, 15) is 0 Å². The molecule has 3 N–H and O–H groups in total. The van der Waals surface area contributed by atoms with Gasteiger partial charge in [-0.1, -0.05) is 219 Å². The number of aromatic nitrogens is 3. The van der Waals surface area contributed by atoms with Crippen molar-refractivity contribution in [2.24, 2.45) is 0 Å². The Kier molecular flexibility index (Phi) is 29.4. The van der Waals surface area contributed by atoms with Crippen LogP contribution in [-0.2, 0) is 70.7 Å². The topological polar surface area (TPSA) is 130 Å². The van der Waals surface area contributed by atoms with E-state index in [1.165, 1.54) is 70.6 Å². The van der Waals surface area contributed by atoms with Crippen LogP contribution in [0.2, 0.25) is 0 Å². The zero-order chi connectivity index (χ0) is 59.3. The molecule has 0 saturated heterocycles. The summed E-state index contributed by atoms with van der Waals surface area (Å²) in [5.74, 6) is 2.46. The lowest BCUT2D eigenvalue weighted by atomic mass is 10.2. The molecule has 0 spiro atoms. The zero-order valence-electron chi connectivity index (χ0n) is 45.2. The number of ether oxygens (including phenoxy) is 3. The van der Waals surface area contributed by atoms with Gasteiger partial charge in [-0.05, 0) is 70.0 Å². The van der Waals surface area contributed by atoms with Gasteiger partial charge in [0.15, 0.2) is 0 Å². The Hall–Kier alpha value is -4.83. The second-order valence-corrected chi connectivity index (χ2v) is 29.0. The lowest BCUT2D eigenvalue weighted by molar-refractivity contribution is 0.159. The molecule has 3 unspecified atom stereocenters. The van der Waals surface area contributed by atoms with Gasteiger partial charge in [-0.15, -0.1) is 70.6 Å². The maximum Gasteiger partial charge on any atom is 0.336 e. The molecule has 0 fully saturated rings. The number of thioether (sulfide) groups is 6. The van der Waals surface area contributed by atoms with Gasteiger partial charge in [-0.2, -0.15) is 0 Å². The highest BCUT2D eigenvalue weighted by molar-refractivity contribution is 8.47. The summed E-state index contributed by atoms with van der Waals surface area (Å²) in [6.45, 7) is 0.0624. The van der Waals surface area contributed by atoms with Gasteiger partial charge in [-0.25, -0.2) is 28.1 Å². The number of benzene rings is 6. The van der Waals surface area contributed by atoms with E-state index in [1.807, 2.05) is 182 Å². The first kappa shape index (κ1) is 66.7. The lowest BCUT2D eigenvalue weighted by Gasteiger charge is -2.25. The minimum absolute atomic E-state index is 0.0419. The normalized spacial score (nSPS) is 12.0. The fourth-order valence-corrected chi connectivity index (χ4v) is 14.6. The van der Waals surface area contributed by atoms with Crippen molar-refractivity contribution in [1.29, 1.82) is 0 Å². The second kappa shape index (κ2) is 37.0. The highest BCUT2D eigenvalue weighted by atomic mass is 32.2. The maximum atomic E-state index is 15.3. The van der Waals surface area contributed by atoms with Gasteiger partial charge in [-0.3, -0.25) is 0 Å². The van der Waals surface area contributed by atoms with Gasteiger partial charge in [0.2, 0.25) is 0 Å². The van der Waals surface area contributed by atoms with E-state index in [2.05, 4.69) is 16.0 Å². The lowest BCUT2D eigenvalue weighted by Crippen LogP contribution is -2.58. The molecule has 438 valence electrons. The molecule has 0 aliphatic carbocycles. The van der Waals surface area contributed by atoms with Crippen LogP contribution >= 0.6 is 144 Å². The van der Waals surface area contributed by atoms with Crippen LogP contribution in [0.3, 0.4) is 0 Å². The predicted molar refractivity (Wildman–Crippen MR) is 380 cm³/mol. The van der Waals surface area contributed by atoms with Crippen LogP contribution in [0.5, 0.6) is 0 Å². The van der Waals surface area contributed by atoms with Crippen molar-refractivity contribution in [2.75, 3.05) is 17.3 Å². The first-order chi connectivity index (χ1) is 40.8. The monoisotopic (exact) mass is 1340 g/mol. The van der Waals surface area contributed by atoms with E-state index < -0.39 is 35.4 Å². The molecule has 7 aromatic rings. The van der Waals surface area contributed by atoms with Crippen LogP contribution < -0.4 is 33.0 Å². The summed E-state index contributed by atoms with van der Waals surface area (Å²) in [6.07, 6.45) is -2.75. The van der Waals surface area contributed by atoms with Gasteiger partial charge < -0.3 is 30.2 Å². The highest BCUT2D eigenvalue weighted by Crippen LogP contribution is 2.26. The summed E-state index contributed by atoms with van der Waals surface area (Å²) in [5, 5.41) is 9.61. The Morgan fingerprint density at radius 2 is 0.548 bits per heavy atom. The second-order valence-electron chi connectivity index (χ2n) is 18.3. The van der Waals surface area contributed by atoms with Gasteiger partial charge in [0, 0.05) is 54.2 Å². The van der Waals surface area contributed by atoms with E-state index in [-0.39, 0.29) is 52.4 Å². The van der Waals surface area contributed by atoms with E-state index in [0.717, 1.165) is 47.1 Å². The average Bonchev–Trinajstić information content (AvgIpc) is 3.71. The van der Waals surface area contributed by atoms with E-state index >= 15 is 14.4 Å². The third-order valence-corrected chi connectivity index (χ3v) is 21.4. The molecule has 0 radical (unpaired) electrons. The van der Waals surface area contributed by atoms with Crippen molar-refractivity contribution in [3.8, 4) is 0 Å². The number of thiocarbonyl (C=S) groups is 6. The average molecular weight is 1350 g/mol. The first-order valence-electron chi connectivity index (χ1n) is 26.2. The summed E-state index contributed by atoms with van der Waals surface area (Å²) in [7, 11) is 0. The van der Waals surface area contributed by atoms with Crippen molar-refractivity contribution in [2.45, 2.75) is 74.8 Å². The molecular formula is C60H60N6O6S12. The van der Waals surface area contributed by atoms with Crippen LogP contribution in [0.4, 0.5) is 0 Å². The Morgan fingerprint density at radius 1 is 0.333 bits per heavy atom. The molecule has 3 atom stereocenters. The summed E-state index contributed by atoms with van der Waals surface area (Å²) in [6, 6.07) is 58.9. The van der Waals surface area contributed by atoms with Crippen molar-refractivity contribution < 1.29 is 14.2 Å². The molecule has 24 heteroatoms. The third kappa shape index (κ3) is 24.1. The maximum absolute atomic E-state index is 15.3. The third-order valence-electron chi connectivity index (χ3n) is 12.0. The smallest absolute Gasteiger partial charge is 0.336 e. The van der Waals surface area contributed by atoms with Gasteiger partial charge in [0.25, 0.3) is 15.5 Å². The largest absolute Gasteiger partial charge is 0.465 e. The summed E-state index contributed by atoms with van der Waals surface area (Å²) in [4.78, 5) is 45.8. The highest BCUT2D eigenvalue weighted by Gasteiger charge is 2.27. The molecule has 84 heavy (non-hydrogen) atoms. The quantitative estimate of drug-likeness (QED) is 0.0422. The number of rotatable bonds is 27. The van der Waals surface area contributed by atoms with E-state index in [1.54, 1.807) is 0 Å². The number of nitrogens with zero attached hydrogens (tertiary/aromatic N) is 3. The fourth-order valence-electron chi connectivity index (χ4n) is 7.78. The molecule has 0 aliphatic heterocycles. The van der Waals surface area contributed by atoms with Crippen molar-refractivity contribution in [1.82, 2.24) is 29.7 Å². The first-order valence-corrected chi connectivity index (χ1v) is 34.6.